The van der Waals surface area contributed by atoms with Gasteiger partial charge in [-0.2, -0.15) is 0 Å². The minimum absolute atomic E-state index is 0.162. The van der Waals surface area contributed by atoms with Gasteiger partial charge >= 0.3 is 0 Å². The highest BCUT2D eigenvalue weighted by molar-refractivity contribution is 7.99. The van der Waals surface area contributed by atoms with Gasteiger partial charge < -0.3 is 9.47 Å². The van der Waals surface area contributed by atoms with Gasteiger partial charge in [0.15, 0.2) is 5.16 Å². The summed E-state index contributed by atoms with van der Waals surface area (Å²) in [7, 11) is 0. The van der Waals surface area contributed by atoms with Crippen LogP contribution in [0, 0.1) is 12.8 Å². The molecule has 5 nitrogen and oxygen atoms in total. The Morgan fingerprint density at radius 1 is 1.07 bits per heavy atom. The van der Waals surface area contributed by atoms with Crippen LogP contribution in [0.1, 0.15) is 36.7 Å². The van der Waals surface area contributed by atoms with E-state index < -0.39 is 0 Å². The second-order valence-electron chi connectivity index (χ2n) is 7.98. The van der Waals surface area contributed by atoms with Crippen molar-refractivity contribution in [3.8, 4) is 0 Å². The minimum Gasteiger partial charge on any atom is -0.335 e. The number of nitrogens with zero attached hydrogens (tertiary/aromatic N) is 4. The first-order chi connectivity index (χ1) is 14.6. The van der Waals surface area contributed by atoms with E-state index in [4.69, 9.17) is 0 Å². The highest BCUT2D eigenvalue weighted by Crippen LogP contribution is 2.36. The van der Waals surface area contributed by atoms with Gasteiger partial charge in [0.05, 0.1) is 12.3 Å². The largest absolute Gasteiger partial charge is 0.335 e. The van der Waals surface area contributed by atoms with Gasteiger partial charge in [-0.15, -0.1) is 10.2 Å². The van der Waals surface area contributed by atoms with E-state index in [0.717, 1.165) is 11.0 Å². The molecule has 0 radical (unpaired) electrons. The van der Waals surface area contributed by atoms with Gasteiger partial charge in [-0.1, -0.05) is 72.4 Å². The molecule has 1 heterocycles. The van der Waals surface area contributed by atoms with Gasteiger partial charge in [0, 0.05) is 12.6 Å². The molecular formula is C24H28N4OS. The van der Waals surface area contributed by atoms with Crippen LogP contribution in [0.15, 0.2) is 65.8 Å². The third-order valence-corrected chi connectivity index (χ3v) is 6.67. The molecule has 1 aromatic heterocycles. The van der Waals surface area contributed by atoms with Crippen LogP contribution in [0.3, 0.4) is 0 Å². The third kappa shape index (κ3) is 5.11. The smallest absolute Gasteiger partial charge is 0.233 e. The second-order valence-corrected chi connectivity index (χ2v) is 8.92. The first-order valence-electron chi connectivity index (χ1n) is 10.5. The van der Waals surface area contributed by atoms with Gasteiger partial charge in [-0.3, -0.25) is 4.79 Å². The number of amides is 1. The second kappa shape index (κ2) is 9.47. The molecule has 0 N–H and O–H groups in total. The Bertz CT molecular complexity index is 969. The van der Waals surface area contributed by atoms with Crippen molar-refractivity contribution < 1.29 is 4.79 Å². The van der Waals surface area contributed by atoms with E-state index in [-0.39, 0.29) is 11.9 Å². The van der Waals surface area contributed by atoms with Crippen LogP contribution in [0.25, 0.3) is 0 Å². The maximum Gasteiger partial charge on any atom is 0.233 e. The summed E-state index contributed by atoms with van der Waals surface area (Å²) < 4.78 is 2.08. The molecule has 1 amide bonds. The van der Waals surface area contributed by atoms with E-state index in [1.807, 2.05) is 48.2 Å². The fraction of sp³-hybridized carbons (Fsp3) is 0.375. The van der Waals surface area contributed by atoms with Crippen molar-refractivity contribution in [1.82, 2.24) is 19.7 Å². The van der Waals surface area contributed by atoms with Gasteiger partial charge in [0.25, 0.3) is 0 Å². The number of aryl methyl sites for hydroxylation is 1. The van der Waals surface area contributed by atoms with Crippen LogP contribution in [-0.2, 0) is 17.9 Å². The van der Waals surface area contributed by atoms with E-state index in [1.165, 1.54) is 35.7 Å². The van der Waals surface area contributed by atoms with Crippen molar-refractivity contribution >= 4 is 17.7 Å². The lowest BCUT2D eigenvalue weighted by atomic mass is 10.1. The number of hydrogen-bond donors (Lipinski definition) is 0. The van der Waals surface area contributed by atoms with Crippen LogP contribution >= 0.6 is 11.8 Å². The Labute approximate surface area is 182 Å². The normalized spacial score (nSPS) is 14.5. The van der Waals surface area contributed by atoms with E-state index >= 15 is 0 Å². The van der Waals surface area contributed by atoms with E-state index in [0.29, 0.717) is 24.8 Å². The summed E-state index contributed by atoms with van der Waals surface area (Å²) in [4.78, 5) is 15.3. The Kier molecular flexibility index (Phi) is 6.53. The van der Waals surface area contributed by atoms with Crippen LogP contribution in [0.4, 0.5) is 0 Å². The average molecular weight is 421 g/mol. The van der Waals surface area contributed by atoms with Crippen LogP contribution in [-0.4, -0.2) is 37.4 Å². The molecular weight excluding hydrogens is 392 g/mol. The summed E-state index contributed by atoms with van der Waals surface area (Å²) >= 11 is 1.48. The molecule has 30 heavy (non-hydrogen) atoms. The molecule has 1 saturated carbocycles. The molecule has 1 aliphatic carbocycles. The quantitative estimate of drug-likeness (QED) is 0.477. The molecule has 0 spiro atoms. The zero-order chi connectivity index (χ0) is 20.9. The van der Waals surface area contributed by atoms with Crippen molar-refractivity contribution in [1.29, 1.82) is 0 Å². The number of rotatable bonds is 9. The van der Waals surface area contributed by atoms with Crippen molar-refractivity contribution in [3.05, 3.63) is 77.6 Å². The summed E-state index contributed by atoms with van der Waals surface area (Å²) in [5.74, 6) is 2.03. The van der Waals surface area contributed by atoms with Crippen molar-refractivity contribution in [3.63, 3.8) is 0 Å². The first kappa shape index (κ1) is 20.7. The Hall–Kier alpha value is -2.60. The molecule has 1 atom stereocenters. The molecule has 1 fully saturated rings. The molecule has 156 valence electrons. The summed E-state index contributed by atoms with van der Waals surface area (Å²) in [6.45, 7) is 5.51. The lowest BCUT2D eigenvalue weighted by molar-refractivity contribution is -0.131. The highest BCUT2D eigenvalue weighted by atomic mass is 32.2. The minimum atomic E-state index is 0.162. The zero-order valence-electron chi connectivity index (χ0n) is 17.6. The average Bonchev–Trinajstić information content (AvgIpc) is 3.57. The van der Waals surface area contributed by atoms with Gasteiger partial charge in [0.2, 0.25) is 5.91 Å². The first-order valence-corrected chi connectivity index (χ1v) is 11.5. The van der Waals surface area contributed by atoms with Gasteiger partial charge in [-0.25, -0.2) is 0 Å². The highest BCUT2D eigenvalue weighted by Gasteiger charge is 2.34. The molecule has 1 aliphatic rings. The van der Waals surface area contributed by atoms with Gasteiger partial charge in [-0.05, 0) is 43.7 Å². The molecule has 1 unspecified atom stereocenters. The molecule has 0 aliphatic heterocycles. The standard InChI is InChI=1S/C24H28N4OS/c1-18(22-13-14-22)27(15-20-9-5-3-6-10-20)23(29)17-30-24-26-25-19(2)28(24)16-21-11-7-4-8-12-21/h3-12,18,22H,13-17H2,1-2H3. The Balaban J connectivity index is 1.44. The number of aromatic nitrogens is 3. The lowest BCUT2D eigenvalue weighted by Gasteiger charge is -2.29. The van der Waals surface area contributed by atoms with Crippen LogP contribution in [0.5, 0.6) is 0 Å². The molecule has 3 aromatic rings. The Morgan fingerprint density at radius 3 is 2.33 bits per heavy atom. The molecule has 0 bridgehead atoms. The number of thioether (sulfide) groups is 1. The molecule has 2 aromatic carbocycles. The fourth-order valence-electron chi connectivity index (χ4n) is 3.70. The number of benzene rings is 2. The predicted molar refractivity (Wildman–Crippen MR) is 120 cm³/mol. The maximum absolute atomic E-state index is 13.2. The number of carbonyl (C=O) groups excluding carboxylic acids is 1. The zero-order valence-corrected chi connectivity index (χ0v) is 18.4. The maximum atomic E-state index is 13.2. The Morgan fingerprint density at radius 2 is 1.70 bits per heavy atom. The number of carbonyl (C=O) groups is 1. The van der Waals surface area contributed by atoms with Crippen molar-refractivity contribution in [2.24, 2.45) is 5.92 Å². The van der Waals surface area contributed by atoms with Crippen molar-refractivity contribution in [2.45, 2.75) is 51.0 Å². The molecule has 0 saturated heterocycles. The van der Waals surface area contributed by atoms with Crippen LogP contribution < -0.4 is 0 Å². The van der Waals surface area contributed by atoms with Crippen molar-refractivity contribution in [2.75, 3.05) is 5.75 Å². The van der Waals surface area contributed by atoms with E-state index in [1.54, 1.807) is 0 Å². The number of hydrogen-bond acceptors (Lipinski definition) is 4. The topological polar surface area (TPSA) is 51.0 Å². The summed E-state index contributed by atoms with van der Waals surface area (Å²) in [6, 6.07) is 20.8. The fourth-order valence-corrected chi connectivity index (χ4v) is 4.57. The molecule has 4 rings (SSSR count). The summed E-state index contributed by atoms with van der Waals surface area (Å²) in [5.41, 5.74) is 2.37. The molecule has 6 heteroatoms. The SMILES string of the molecule is Cc1nnc(SCC(=O)N(Cc2ccccc2)C(C)C2CC2)n1Cc1ccccc1. The van der Waals surface area contributed by atoms with Crippen LogP contribution in [0.2, 0.25) is 0 Å². The third-order valence-electron chi connectivity index (χ3n) is 5.72. The lowest BCUT2D eigenvalue weighted by Crippen LogP contribution is -2.40. The van der Waals surface area contributed by atoms with Gasteiger partial charge in [0.1, 0.15) is 5.82 Å². The summed E-state index contributed by atoms with van der Waals surface area (Å²) in [5, 5.41) is 9.36. The summed E-state index contributed by atoms with van der Waals surface area (Å²) in [6.07, 6.45) is 2.44. The monoisotopic (exact) mass is 420 g/mol. The van der Waals surface area contributed by atoms with E-state index in [2.05, 4.69) is 46.0 Å². The van der Waals surface area contributed by atoms with E-state index in [9.17, 15) is 4.79 Å². The predicted octanol–water partition coefficient (Wildman–Crippen LogP) is 4.55.